The van der Waals surface area contributed by atoms with E-state index in [1.165, 1.54) is 4.90 Å². The number of rotatable bonds is 4. The van der Waals surface area contributed by atoms with E-state index in [1.807, 2.05) is 27.7 Å². The molecule has 0 aliphatic carbocycles. The maximum Gasteiger partial charge on any atom is 0.494 e. The molecule has 1 aromatic carbocycles. The van der Waals surface area contributed by atoms with E-state index >= 15 is 0 Å². The number of nitrogens with zero attached hydrogens (tertiary/aromatic N) is 1. The summed E-state index contributed by atoms with van der Waals surface area (Å²) in [4.78, 5) is 25.7. The Bertz CT molecular complexity index is 901. The first-order valence-corrected chi connectivity index (χ1v) is 11.2. The van der Waals surface area contributed by atoms with Crippen LogP contribution >= 0.6 is 0 Å². The van der Waals surface area contributed by atoms with Gasteiger partial charge in [0, 0.05) is 13.0 Å². The monoisotopic (exact) mass is 464 g/mol. The predicted molar refractivity (Wildman–Crippen MR) is 122 cm³/mol. The van der Waals surface area contributed by atoms with Gasteiger partial charge in [0.1, 0.15) is 17.5 Å². The Balaban J connectivity index is 1.72. The van der Waals surface area contributed by atoms with Crippen molar-refractivity contribution in [3.63, 3.8) is 0 Å². The molecular formula is C23H34BFN2O6. The minimum atomic E-state index is -1.45. The molecule has 0 bridgehead atoms. The summed E-state index contributed by atoms with van der Waals surface area (Å²) in [5.41, 5.74) is 4.58. The average Bonchev–Trinajstić information content (AvgIpc) is 2.89. The lowest BCUT2D eigenvalue weighted by Crippen LogP contribution is -2.50. The molecule has 2 fully saturated rings. The van der Waals surface area contributed by atoms with Crippen molar-refractivity contribution in [2.24, 2.45) is 5.73 Å². The molecule has 2 N–H and O–H groups in total. The highest BCUT2D eigenvalue weighted by Gasteiger charge is 2.51. The van der Waals surface area contributed by atoms with Crippen LogP contribution in [-0.2, 0) is 14.0 Å². The number of carbonyl (C=O) groups is 2. The number of likely N-dealkylation sites (tertiary alicyclic amines) is 1. The van der Waals surface area contributed by atoms with Crippen LogP contribution in [0.15, 0.2) is 18.2 Å². The van der Waals surface area contributed by atoms with Gasteiger partial charge in [-0.25, -0.2) is 9.18 Å². The van der Waals surface area contributed by atoms with Crippen LogP contribution in [0.25, 0.3) is 0 Å². The first kappa shape index (κ1) is 25.3. The number of ether oxygens (including phenoxy) is 2. The van der Waals surface area contributed by atoms with Crippen LogP contribution in [0.1, 0.15) is 65.2 Å². The number of amides is 2. The third-order valence-corrected chi connectivity index (χ3v) is 6.21. The van der Waals surface area contributed by atoms with Crippen LogP contribution in [0.4, 0.5) is 9.18 Å². The van der Waals surface area contributed by atoms with Crippen molar-refractivity contribution in [3.05, 3.63) is 23.8 Å². The maximum absolute atomic E-state index is 14.9. The molecule has 0 unspecified atom stereocenters. The number of benzene rings is 1. The summed E-state index contributed by atoms with van der Waals surface area (Å²) in [5.74, 6) is -0.522. The maximum atomic E-state index is 14.9. The second-order valence-corrected chi connectivity index (χ2v) is 10.6. The Kier molecular flexibility index (Phi) is 6.74. The van der Waals surface area contributed by atoms with E-state index in [0.717, 1.165) is 0 Å². The molecule has 0 aromatic heterocycles. The van der Waals surface area contributed by atoms with Gasteiger partial charge in [-0.3, -0.25) is 4.79 Å². The zero-order valence-electron chi connectivity index (χ0n) is 20.4. The fourth-order valence-electron chi connectivity index (χ4n) is 3.64. The van der Waals surface area contributed by atoms with E-state index in [-0.39, 0.29) is 30.8 Å². The van der Waals surface area contributed by atoms with Gasteiger partial charge in [0.05, 0.1) is 23.3 Å². The van der Waals surface area contributed by atoms with Gasteiger partial charge in [-0.05, 0) is 66.1 Å². The Morgan fingerprint density at radius 3 is 2.30 bits per heavy atom. The normalized spacial score (nSPS) is 24.5. The van der Waals surface area contributed by atoms with Crippen LogP contribution in [0, 0.1) is 0 Å². The van der Waals surface area contributed by atoms with E-state index in [0.29, 0.717) is 5.46 Å². The summed E-state index contributed by atoms with van der Waals surface area (Å²) in [6.07, 6.45) is -2.59. The lowest BCUT2D eigenvalue weighted by atomic mass is 9.78. The molecule has 2 atom stereocenters. The highest BCUT2D eigenvalue weighted by Crippen LogP contribution is 2.37. The molecule has 0 spiro atoms. The van der Waals surface area contributed by atoms with Crippen molar-refractivity contribution < 1.29 is 32.8 Å². The molecule has 2 aliphatic rings. The van der Waals surface area contributed by atoms with Crippen LogP contribution in [-0.4, -0.2) is 66.2 Å². The summed E-state index contributed by atoms with van der Waals surface area (Å²) in [6.45, 7) is 13.1. The van der Waals surface area contributed by atoms with Gasteiger partial charge in [0.25, 0.3) is 5.91 Å². The molecule has 3 rings (SSSR count). The quantitative estimate of drug-likeness (QED) is 0.688. The fraction of sp³-hybridized carbons (Fsp3) is 0.652. The van der Waals surface area contributed by atoms with E-state index < -0.39 is 48.2 Å². The van der Waals surface area contributed by atoms with E-state index in [4.69, 9.17) is 24.5 Å². The van der Waals surface area contributed by atoms with Crippen LogP contribution in [0.5, 0.6) is 5.75 Å². The summed E-state index contributed by atoms with van der Waals surface area (Å²) < 4.78 is 38.1. The van der Waals surface area contributed by atoms with E-state index in [2.05, 4.69) is 0 Å². The number of primary amides is 1. The van der Waals surface area contributed by atoms with Crippen molar-refractivity contribution in [1.29, 1.82) is 0 Å². The Morgan fingerprint density at radius 1 is 1.18 bits per heavy atom. The Hall–Kier alpha value is -2.33. The summed E-state index contributed by atoms with van der Waals surface area (Å²) >= 11 is 0. The minimum absolute atomic E-state index is 0.115. The molecule has 33 heavy (non-hydrogen) atoms. The number of piperidine rings is 1. The highest BCUT2D eigenvalue weighted by molar-refractivity contribution is 6.62. The van der Waals surface area contributed by atoms with Gasteiger partial charge in [0.2, 0.25) is 0 Å². The van der Waals surface area contributed by atoms with Crippen molar-refractivity contribution in [1.82, 2.24) is 4.90 Å². The van der Waals surface area contributed by atoms with Gasteiger partial charge in [-0.1, -0.05) is 6.07 Å². The first-order valence-electron chi connectivity index (χ1n) is 11.2. The predicted octanol–water partition coefficient (Wildman–Crippen LogP) is 2.81. The van der Waals surface area contributed by atoms with Gasteiger partial charge in [0.15, 0.2) is 6.17 Å². The number of nitrogens with two attached hydrogens (primary N) is 1. The second-order valence-electron chi connectivity index (χ2n) is 10.6. The molecule has 8 nitrogen and oxygen atoms in total. The molecule has 0 saturated carbocycles. The third-order valence-electron chi connectivity index (χ3n) is 6.21. The number of halogens is 1. The SMILES string of the molecule is CC(C)(C)OC(=O)N1CC[C@@H](Oc2ccc(B3OC(C)(C)C(C)(C)O3)cc2C(N)=O)[C@@H](F)C1. The number of carbonyl (C=O) groups excluding carboxylic acids is 2. The van der Waals surface area contributed by atoms with Gasteiger partial charge < -0.3 is 29.4 Å². The molecule has 2 saturated heterocycles. The summed E-state index contributed by atoms with van der Waals surface area (Å²) in [5, 5.41) is 0. The van der Waals surface area contributed by atoms with Crippen molar-refractivity contribution in [3.8, 4) is 5.75 Å². The third kappa shape index (κ3) is 5.61. The van der Waals surface area contributed by atoms with Crippen molar-refractivity contribution in [2.45, 2.75) is 84.0 Å². The average molecular weight is 464 g/mol. The first-order chi connectivity index (χ1) is 15.1. The van der Waals surface area contributed by atoms with Gasteiger partial charge >= 0.3 is 13.2 Å². The highest BCUT2D eigenvalue weighted by atomic mass is 19.1. The minimum Gasteiger partial charge on any atom is -0.486 e. The van der Waals surface area contributed by atoms with Crippen LogP contribution in [0.3, 0.4) is 0 Å². The smallest absolute Gasteiger partial charge is 0.486 e. The zero-order chi connectivity index (χ0) is 24.8. The molecule has 182 valence electrons. The largest absolute Gasteiger partial charge is 0.494 e. The number of hydrogen-bond donors (Lipinski definition) is 1. The fourth-order valence-corrected chi connectivity index (χ4v) is 3.64. The van der Waals surface area contributed by atoms with Gasteiger partial charge in [-0.15, -0.1) is 0 Å². The lowest BCUT2D eigenvalue weighted by Gasteiger charge is -2.35. The Labute approximate surface area is 195 Å². The molecule has 10 heteroatoms. The van der Waals surface area contributed by atoms with Crippen molar-refractivity contribution in [2.75, 3.05) is 13.1 Å². The van der Waals surface area contributed by atoms with Gasteiger partial charge in [-0.2, -0.15) is 0 Å². The molecular weight excluding hydrogens is 430 g/mol. The van der Waals surface area contributed by atoms with Crippen LogP contribution < -0.4 is 15.9 Å². The lowest BCUT2D eigenvalue weighted by molar-refractivity contribution is -0.0106. The number of alkyl halides is 1. The summed E-state index contributed by atoms with van der Waals surface area (Å²) in [7, 11) is -0.673. The molecule has 2 heterocycles. The molecule has 2 aliphatic heterocycles. The van der Waals surface area contributed by atoms with E-state index in [9.17, 15) is 14.0 Å². The molecule has 2 amide bonds. The standard InChI is InChI=1S/C23H34BFN2O6/c1-21(2,3)31-20(29)27-11-10-18(16(25)13-27)30-17-9-8-14(12-15(17)19(26)28)24-32-22(4,5)23(6,7)33-24/h8-9,12,16,18H,10-11,13H2,1-7H3,(H2,26,28)/t16-,18+/m0/s1. The second kappa shape index (κ2) is 8.79. The summed E-state index contributed by atoms with van der Waals surface area (Å²) in [6, 6.07) is 4.85. The Morgan fingerprint density at radius 2 is 1.79 bits per heavy atom. The van der Waals surface area contributed by atoms with E-state index in [1.54, 1.807) is 39.0 Å². The molecule has 0 radical (unpaired) electrons. The molecule has 1 aromatic rings. The van der Waals surface area contributed by atoms with Crippen molar-refractivity contribution >= 4 is 24.6 Å². The van der Waals surface area contributed by atoms with Crippen LogP contribution in [0.2, 0.25) is 0 Å². The topological polar surface area (TPSA) is 100 Å². The number of hydrogen-bond acceptors (Lipinski definition) is 6. The zero-order valence-corrected chi connectivity index (χ0v) is 20.4.